The predicted octanol–water partition coefficient (Wildman–Crippen LogP) is 5.40. The van der Waals surface area contributed by atoms with Crippen LogP contribution in [0.3, 0.4) is 0 Å². The third-order valence-corrected chi connectivity index (χ3v) is 6.33. The van der Waals surface area contributed by atoms with Gasteiger partial charge in [-0.25, -0.2) is 9.78 Å². The van der Waals surface area contributed by atoms with Crippen molar-refractivity contribution >= 4 is 11.8 Å². The number of rotatable bonds is 7. The van der Waals surface area contributed by atoms with E-state index in [4.69, 9.17) is 0 Å². The molecule has 3 aromatic carbocycles. The monoisotopic (exact) mass is 504 g/mol. The van der Waals surface area contributed by atoms with Crippen LogP contribution in [0.1, 0.15) is 35.3 Å². The van der Waals surface area contributed by atoms with E-state index in [-0.39, 0.29) is 17.5 Å². The van der Waals surface area contributed by atoms with Gasteiger partial charge < -0.3 is 5.32 Å². The molecule has 0 saturated heterocycles. The summed E-state index contributed by atoms with van der Waals surface area (Å²) in [6, 6.07) is 30.1. The van der Waals surface area contributed by atoms with Crippen LogP contribution in [0.25, 0.3) is 17.2 Å². The van der Waals surface area contributed by atoms with Crippen LogP contribution in [-0.4, -0.2) is 25.8 Å². The summed E-state index contributed by atoms with van der Waals surface area (Å²) < 4.78 is 1.45. The summed E-state index contributed by atoms with van der Waals surface area (Å²) in [5.74, 6) is 0.595. The van der Waals surface area contributed by atoms with Crippen molar-refractivity contribution < 1.29 is 4.79 Å². The zero-order chi connectivity index (χ0) is 26.5. The molecule has 0 spiro atoms. The van der Waals surface area contributed by atoms with Crippen molar-refractivity contribution in [2.24, 2.45) is 0 Å². The maximum absolute atomic E-state index is 13.4. The standard InChI is InChI=1S/C30H28N6O2/c1-3-24-20(2)31-29(34-28(24)37)36-26(19-25(35-36)21-13-7-4-8-14-21)32-30(38)33-27(22-15-9-5-10-16-22)23-17-11-6-12-18-23/h4-19,27H,3H2,1-2H3,(H,31,34,37)(H2,32,33,38). The van der Waals surface area contributed by atoms with Gasteiger partial charge in [0.15, 0.2) is 0 Å². The molecule has 0 aliphatic rings. The molecule has 8 heteroatoms. The number of amides is 2. The number of carbonyl (C=O) groups excluding carboxylic acids is 1. The van der Waals surface area contributed by atoms with Crippen molar-refractivity contribution in [3.8, 4) is 17.2 Å². The summed E-state index contributed by atoms with van der Waals surface area (Å²) in [4.78, 5) is 33.5. The fourth-order valence-corrected chi connectivity index (χ4v) is 4.43. The minimum absolute atomic E-state index is 0.226. The fraction of sp³-hybridized carbons (Fsp3) is 0.133. The molecule has 0 aliphatic carbocycles. The summed E-state index contributed by atoms with van der Waals surface area (Å²) >= 11 is 0. The summed E-state index contributed by atoms with van der Waals surface area (Å²) in [7, 11) is 0. The van der Waals surface area contributed by atoms with E-state index in [0.29, 0.717) is 29.2 Å². The fourth-order valence-electron chi connectivity index (χ4n) is 4.43. The van der Waals surface area contributed by atoms with Gasteiger partial charge in [-0.1, -0.05) is 97.9 Å². The first-order valence-corrected chi connectivity index (χ1v) is 12.5. The first-order valence-electron chi connectivity index (χ1n) is 12.5. The maximum atomic E-state index is 13.4. The van der Waals surface area contributed by atoms with Gasteiger partial charge in [0.2, 0.25) is 5.95 Å². The number of hydrogen-bond acceptors (Lipinski definition) is 4. The highest BCUT2D eigenvalue weighted by Gasteiger charge is 2.20. The zero-order valence-electron chi connectivity index (χ0n) is 21.2. The molecular weight excluding hydrogens is 476 g/mol. The molecule has 0 radical (unpaired) electrons. The Morgan fingerprint density at radius 2 is 1.50 bits per heavy atom. The van der Waals surface area contributed by atoms with Crippen molar-refractivity contribution in [2.75, 3.05) is 5.32 Å². The van der Waals surface area contributed by atoms with E-state index in [1.807, 2.05) is 97.9 Å². The third kappa shape index (κ3) is 5.24. The number of H-pyrrole nitrogens is 1. The average Bonchev–Trinajstić information content (AvgIpc) is 3.36. The van der Waals surface area contributed by atoms with Gasteiger partial charge in [-0.2, -0.15) is 9.78 Å². The van der Waals surface area contributed by atoms with Crippen LogP contribution in [-0.2, 0) is 6.42 Å². The van der Waals surface area contributed by atoms with Crippen molar-refractivity contribution in [3.05, 3.63) is 130 Å². The van der Waals surface area contributed by atoms with Gasteiger partial charge in [0.25, 0.3) is 5.56 Å². The minimum Gasteiger partial charge on any atom is -0.327 e. The Balaban J connectivity index is 1.51. The molecule has 0 aliphatic heterocycles. The van der Waals surface area contributed by atoms with Crippen molar-refractivity contribution in [2.45, 2.75) is 26.3 Å². The number of urea groups is 1. The molecule has 2 aromatic heterocycles. The smallest absolute Gasteiger partial charge is 0.321 e. The van der Waals surface area contributed by atoms with Crippen LogP contribution < -0.4 is 16.2 Å². The van der Waals surface area contributed by atoms with Crippen LogP contribution in [0.2, 0.25) is 0 Å². The number of anilines is 1. The number of nitrogens with zero attached hydrogens (tertiary/aromatic N) is 3. The molecule has 3 N–H and O–H groups in total. The number of benzene rings is 3. The number of aryl methyl sites for hydroxylation is 1. The largest absolute Gasteiger partial charge is 0.327 e. The summed E-state index contributed by atoms with van der Waals surface area (Å²) in [5, 5.41) is 10.7. The Bertz CT molecular complexity index is 1560. The van der Waals surface area contributed by atoms with E-state index in [9.17, 15) is 9.59 Å². The second kappa shape index (κ2) is 11.0. The Morgan fingerprint density at radius 3 is 2.05 bits per heavy atom. The number of carbonyl (C=O) groups is 1. The Morgan fingerprint density at radius 1 is 0.921 bits per heavy atom. The van der Waals surface area contributed by atoms with Crippen molar-refractivity contribution in [1.82, 2.24) is 25.1 Å². The lowest BCUT2D eigenvalue weighted by Gasteiger charge is -2.20. The van der Waals surface area contributed by atoms with Crippen molar-refractivity contribution in [3.63, 3.8) is 0 Å². The van der Waals surface area contributed by atoms with Gasteiger partial charge in [-0.3, -0.25) is 15.1 Å². The van der Waals surface area contributed by atoms with Gasteiger partial charge in [0, 0.05) is 22.9 Å². The Kier molecular flexibility index (Phi) is 7.13. The molecule has 0 unspecified atom stereocenters. The van der Waals surface area contributed by atoms with Gasteiger partial charge in [0.1, 0.15) is 5.82 Å². The lowest BCUT2D eigenvalue weighted by atomic mass is 9.99. The van der Waals surface area contributed by atoms with Gasteiger partial charge in [-0.15, -0.1) is 0 Å². The Labute approximate surface area is 220 Å². The molecule has 190 valence electrons. The quantitative estimate of drug-likeness (QED) is 0.276. The molecule has 0 saturated carbocycles. The van der Waals surface area contributed by atoms with E-state index in [1.165, 1.54) is 4.68 Å². The molecule has 5 aromatic rings. The van der Waals surface area contributed by atoms with Gasteiger partial charge in [0.05, 0.1) is 11.7 Å². The number of aromatic nitrogens is 4. The zero-order valence-corrected chi connectivity index (χ0v) is 21.2. The SMILES string of the molecule is CCc1c(C)nc(-n2nc(-c3ccccc3)cc2NC(=O)NC(c2ccccc2)c2ccccc2)[nH]c1=O. The topological polar surface area (TPSA) is 105 Å². The molecule has 8 nitrogen and oxygen atoms in total. The molecule has 5 rings (SSSR count). The first-order chi connectivity index (χ1) is 18.5. The lowest BCUT2D eigenvalue weighted by molar-refractivity contribution is 0.250. The predicted molar refractivity (Wildman–Crippen MR) is 148 cm³/mol. The molecule has 0 bridgehead atoms. The third-order valence-electron chi connectivity index (χ3n) is 6.33. The average molecular weight is 505 g/mol. The van der Waals surface area contributed by atoms with Crippen molar-refractivity contribution in [1.29, 1.82) is 0 Å². The minimum atomic E-state index is -0.423. The van der Waals surface area contributed by atoms with Gasteiger partial charge in [-0.05, 0) is 24.5 Å². The number of aromatic amines is 1. The summed E-state index contributed by atoms with van der Waals surface area (Å²) in [6.07, 6.45) is 0.566. The Hall–Kier alpha value is -4.98. The molecule has 0 fully saturated rings. The molecule has 2 amide bonds. The summed E-state index contributed by atoms with van der Waals surface area (Å²) in [6.45, 7) is 3.71. The van der Waals surface area contributed by atoms with E-state index in [0.717, 1.165) is 16.7 Å². The second-order valence-corrected chi connectivity index (χ2v) is 8.85. The molecular formula is C30H28N6O2. The highest BCUT2D eigenvalue weighted by Crippen LogP contribution is 2.25. The van der Waals surface area contributed by atoms with Crippen LogP contribution in [0.4, 0.5) is 10.6 Å². The summed E-state index contributed by atoms with van der Waals surface area (Å²) in [5.41, 5.74) is 4.40. The molecule has 2 heterocycles. The van der Waals surface area contributed by atoms with Gasteiger partial charge >= 0.3 is 6.03 Å². The van der Waals surface area contributed by atoms with E-state index < -0.39 is 6.03 Å². The van der Waals surface area contributed by atoms with Crippen LogP contribution in [0, 0.1) is 6.92 Å². The normalized spacial score (nSPS) is 10.9. The van der Waals surface area contributed by atoms with Crippen LogP contribution >= 0.6 is 0 Å². The van der Waals surface area contributed by atoms with E-state index in [2.05, 4.69) is 25.7 Å². The first kappa shape index (κ1) is 24.7. The van der Waals surface area contributed by atoms with Crippen LogP contribution in [0.15, 0.2) is 102 Å². The highest BCUT2D eigenvalue weighted by atomic mass is 16.2. The number of hydrogen-bond donors (Lipinski definition) is 3. The number of nitrogens with one attached hydrogen (secondary N) is 3. The maximum Gasteiger partial charge on any atom is 0.321 e. The molecule has 0 atom stereocenters. The molecule has 38 heavy (non-hydrogen) atoms. The highest BCUT2D eigenvalue weighted by molar-refractivity contribution is 5.90. The van der Waals surface area contributed by atoms with E-state index >= 15 is 0 Å². The second-order valence-electron chi connectivity index (χ2n) is 8.85. The van der Waals surface area contributed by atoms with Crippen LogP contribution in [0.5, 0.6) is 0 Å². The van der Waals surface area contributed by atoms with E-state index in [1.54, 1.807) is 13.0 Å². The lowest BCUT2D eigenvalue weighted by Crippen LogP contribution is -2.34.